The number of anilines is 2. The molecule has 30 heavy (non-hydrogen) atoms. The summed E-state index contributed by atoms with van der Waals surface area (Å²) in [5.41, 5.74) is 5.97. The Balaban J connectivity index is 1.76. The lowest BCUT2D eigenvalue weighted by atomic mass is 9.92. The molecule has 11 heteroatoms. The lowest BCUT2D eigenvalue weighted by Gasteiger charge is -2.38. The van der Waals surface area contributed by atoms with E-state index in [-0.39, 0.29) is 17.2 Å². The molecule has 1 aromatic carbocycles. The van der Waals surface area contributed by atoms with Gasteiger partial charge in [0.15, 0.2) is 20.9 Å². The van der Waals surface area contributed by atoms with E-state index < -0.39 is 25.9 Å². The molecule has 8 nitrogen and oxygen atoms in total. The molecule has 0 spiro atoms. The van der Waals surface area contributed by atoms with Gasteiger partial charge in [-0.15, -0.1) is 0 Å². The molecule has 2 aromatic heterocycles. The maximum Gasteiger partial charge on any atom is 0.200 e. The number of hydrogen-bond acceptors (Lipinski definition) is 8. The highest BCUT2D eigenvalue weighted by Gasteiger charge is 2.49. The van der Waals surface area contributed by atoms with Crippen LogP contribution in [0.4, 0.5) is 15.9 Å². The van der Waals surface area contributed by atoms with Crippen LogP contribution < -0.4 is 11.1 Å². The third kappa shape index (κ3) is 3.20. The Hall–Kier alpha value is -2.72. The van der Waals surface area contributed by atoms with E-state index in [1.165, 1.54) is 38.2 Å². The Morgan fingerprint density at radius 1 is 1.27 bits per heavy atom. The van der Waals surface area contributed by atoms with Gasteiger partial charge in [0.25, 0.3) is 0 Å². The summed E-state index contributed by atoms with van der Waals surface area (Å²) in [5.74, 6) is -0.715. The average molecular weight is 452 g/mol. The van der Waals surface area contributed by atoms with Crippen molar-refractivity contribution in [2.45, 2.75) is 31.1 Å². The van der Waals surface area contributed by atoms with Gasteiger partial charge >= 0.3 is 0 Å². The Kier molecular flexibility index (Phi) is 4.55. The van der Waals surface area contributed by atoms with Gasteiger partial charge in [-0.3, -0.25) is 4.99 Å². The van der Waals surface area contributed by atoms with E-state index in [0.717, 1.165) is 0 Å². The number of benzene rings is 1. The molecule has 3 aromatic rings. The molecule has 1 aliphatic rings. The van der Waals surface area contributed by atoms with Gasteiger partial charge in [0.05, 0.1) is 10.8 Å². The molecule has 0 bridgehead atoms. The van der Waals surface area contributed by atoms with Crippen LogP contribution in [0.5, 0.6) is 0 Å². The summed E-state index contributed by atoms with van der Waals surface area (Å²) in [6.07, 6.45) is 1.45. The summed E-state index contributed by atoms with van der Waals surface area (Å²) in [6, 6.07) is 5.78. The quantitative estimate of drug-likeness (QED) is 0.624. The fourth-order valence-corrected chi connectivity index (χ4v) is 5.15. The first-order valence-electron chi connectivity index (χ1n) is 8.99. The third-order valence-corrected chi connectivity index (χ3v) is 8.23. The highest BCUT2D eigenvalue weighted by atomic mass is 35.5. The molecule has 0 amide bonds. The Morgan fingerprint density at radius 3 is 2.70 bits per heavy atom. The fraction of sp³-hybridized carbons (Fsp3) is 0.316. The van der Waals surface area contributed by atoms with Crippen LogP contribution in [-0.2, 0) is 15.4 Å². The minimum absolute atomic E-state index is 0.0578. The lowest BCUT2D eigenvalue weighted by Crippen LogP contribution is -2.54. The first-order chi connectivity index (χ1) is 13.9. The number of nitrogens with zero attached hydrogens (tertiary/aromatic N) is 3. The van der Waals surface area contributed by atoms with Gasteiger partial charge in [-0.25, -0.2) is 17.8 Å². The molecule has 1 atom stereocenters. The highest BCUT2D eigenvalue weighted by molar-refractivity contribution is 7.93. The molecule has 3 N–H and O–H groups in total. The van der Waals surface area contributed by atoms with Crippen LogP contribution in [0.25, 0.3) is 11.1 Å². The zero-order valence-corrected chi connectivity index (χ0v) is 18.0. The molecule has 3 heterocycles. The summed E-state index contributed by atoms with van der Waals surface area (Å²) in [4.78, 5) is 8.56. The third-order valence-electron chi connectivity index (χ3n) is 5.32. The van der Waals surface area contributed by atoms with Crippen molar-refractivity contribution in [2.75, 3.05) is 11.1 Å². The second-order valence-electron chi connectivity index (χ2n) is 7.89. The minimum Gasteiger partial charge on any atom is -0.386 e. The second kappa shape index (κ2) is 6.64. The van der Waals surface area contributed by atoms with Gasteiger partial charge in [-0.05, 0) is 39.0 Å². The molecular formula is C19H19ClFN5O3S. The van der Waals surface area contributed by atoms with Crippen LogP contribution in [0.2, 0.25) is 5.02 Å². The van der Waals surface area contributed by atoms with Crippen molar-refractivity contribution >= 4 is 49.9 Å². The number of amidine groups is 1. The molecule has 0 radical (unpaired) electrons. The first-order valence-corrected chi connectivity index (χ1v) is 11.0. The van der Waals surface area contributed by atoms with E-state index >= 15 is 0 Å². The lowest BCUT2D eigenvalue weighted by molar-refractivity contribution is 0.460. The Bertz CT molecular complexity index is 1300. The number of hydrogen-bond donors (Lipinski definition) is 2. The van der Waals surface area contributed by atoms with Crippen molar-refractivity contribution in [3.63, 3.8) is 0 Å². The minimum atomic E-state index is -3.67. The number of aliphatic imine (C=N–C) groups is 1. The molecule has 0 aliphatic carbocycles. The smallest absolute Gasteiger partial charge is 0.200 e. The molecule has 0 fully saturated rings. The van der Waals surface area contributed by atoms with E-state index in [9.17, 15) is 12.8 Å². The molecular weight excluding hydrogens is 433 g/mol. The van der Waals surface area contributed by atoms with E-state index in [2.05, 4.69) is 20.4 Å². The van der Waals surface area contributed by atoms with Crippen molar-refractivity contribution in [3.8, 4) is 0 Å². The largest absolute Gasteiger partial charge is 0.386 e. The first kappa shape index (κ1) is 20.5. The van der Waals surface area contributed by atoms with Gasteiger partial charge < -0.3 is 15.6 Å². The van der Waals surface area contributed by atoms with Gasteiger partial charge in [0.2, 0.25) is 5.82 Å². The van der Waals surface area contributed by atoms with Crippen molar-refractivity contribution in [3.05, 3.63) is 46.9 Å². The highest BCUT2D eigenvalue weighted by Crippen LogP contribution is 2.39. The van der Waals surface area contributed by atoms with Crippen molar-refractivity contribution in [1.29, 1.82) is 0 Å². The summed E-state index contributed by atoms with van der Waals surface area (Å²) in [5, 5.41) is 7.34. The van der Waals surface area contributed by atoms with Gasteiger partial charge in [-0.2, -0.15) is 0 Å². The zero-order valence-electron chi connectivity index (χ0n) is 16.4. The normalized spacial score (nSPS) is 22.6. The van der Waals surface area contributed by atoms with E-state index in [1.54, 1.807) is 13.0 Å². The average Bonchev–Trinajstić information content (AvgIpc) is 3.03. The van der Waals surface area contributed by atoms with Crippen LogP contribution >= 0.6 is 11.6 Å². The number of nitrogens with two attached hydrogens (primary N) is 1. The monoisotopic (exact) mass is 451 g/mol. The van der Waals surface area contributed by atoms with Crippen LogP contribution in [0.3, 0.4) is 0 Å². The van der Waals surface area contributed by atoms with E-state index in [4.69, 9.17) is 21.9 Å². The fourth-order valence-electron chi connectivity index (χ4n) is 3.32. The summed E-state index contributed by atoms with van der Waals surface area (Å²) < 4.78 is 44.2. The topological polar surface area (TPSA) is 123 Å². The van der Waals surface area contributed by atoms with Gasteiger partial charge in [-0.1, -0.05) is 16.8 Å². The number of nitrogens with one attached hydrogen (secondary N) is 1. The number of pyridine rings is 1. The van der Waals surface area contributed by atoms with Crippen molar-refractivity contribution in [2.24, 2.45) is 10.7 Å². The van der Waals surface area contributed by atoms with Gasteiger partial charge in [0, 0.05) is 23.5 Å². The van der Waals surface area contributed by atoms with Crippen LogP contribution in [0, 0.1) is 5.82 Å². The molecule has 4 rings (SSSR count). The standard InChI is InChI=1S/C19H19ClFN5O3S/c1-18(2)17(22)25-19(3,9-30(18,27)28)12-7-11(4-5-13(12)21)24-16-15-14(29-26-16)6-10(20)8-23-15/h4-8H,9H2,1-3H3,(H2,22,25)(H,24,26)/t19-/m0/s1. The number of halogens is 2. The van der Waals surface area contributed by atoms with Crippen molar-refractivity contribution < 1.29 is 17.3 Å². The maximum atomic E-state index is 14.8. The SMILES string of the molecule is CC1(C)C(N)=N[C@](C)(c2cc(Nc3noc4cc(Cl)cnc34)ccc2F)CS1(=O)=O. The summed E-state index contributed by atoms with van der Waals surface area (Å²) in [7, 11) is -3.67. The zero-order chi connectivity index (χ0) is 21.9. The van der Waals surface area contributed by atoms with Crippen molar-refractivity contribution in [1.82, 2.24) is 10.1 Å². The van der Waals surface area contributed by atoms with E-state index in [0.29, 0.717) is 27.6 Å². The molecule has 0 unspecified atom stereocenters. The predicted molar refractivity (Wildman–Crippen MR) is 113 cm³/mol. The maximum absolute atomic E-state index is 14.8. The Labute approximate surface area is 177 Å². The summed E-state index contributed by atoms with van der Waals surface area (Å²) in [6.45, 7) is 4.53. The van der Waals surface area contributed by atoms with E-state index in [1.807, 2.05) is 0 Å². The molecule has 0 saturated heterocycles. The van der Waals surface area contributed by atoms with Crippen LogP contribution in [-0.4, -0.2) is 34.9 Å². The Morgan fingerprint density at radius 2 is 2.00 bits per heavy atom. The van der Waals surface area contributed by atoms with Crippen LogP contribution in [0.1, 0.15) is 26.3 Å². The molecule has 0 saturated carbocycles. The van der Waals surface area contributed by atoms with Crippen LogP contribution in [0.15, 0.2) is 40.0 Å². The van der Waals surface area contributed by atoms with Gasteiger partial charge in [0.1, 0.15) is 21.9 Å². The predicted octanol–water partition coefficient (Wildman–Crippen LogP) is 3.54. The number of sulfone groups is 1. The number of aromatic nitrogens is 2. The summed E-state index contributed by atoms with van der Waals surface area (Å²) >= 11 is 5.90. The number of rotatable bonds is 3. The molecule has 1 aliphatic heterocycles. The number of fused-ring (bicyclic) bond motifs is 1. The second-order valence-corrected chi connectivity index (χ2v) is 10.9. The molecule has 158 valence electrons.